The van der Waals surface area contributed by atoms with Gasteiger partial charge in [0.05, 0.1) is 0 Å². The van der Waals surface area contributed by atoms with E-state index in [0.29, 0.717) is 0 Å². The average Bonchev–Trinajstić information content (AvgIpc) is 2.76. The van der Waals surface area contributed by atoms with Gasteiger partial charge in [-0.25, -0.2) is 0 Å². The molecule has 0 saturated carbocycles. The van der Waals surface area contributed by atoms with Gasteiger partial charge in [-0.05, 0) is 26.3 Å². The molecule has 0 aromatic carbocycles. The van der Waals surface area contributed by atoms with Crippen molar-refractivity contribution in [3.05, 3.63) is 10.0 Å². The molecule has 1 aliphatic rings. The van der Waals surface area contributed by atoms with Crippen LogP contribution in [0.4, 0.5) is 0 Å². The molecule has 2 rings (SSSR count). The van der Waals surface area contributed by atoms with Gasteiger partial charge in [-0.1, -0.05) is 11.3 Å². The number of aromatic nitrogens is 2. The van der Waals surface area contributed by atoms with Crippen LogP contribution >= 0.6 is 11.3 Å². The van der Waals surface area contributed by atoms with E-state index in [1.165, 1.54) is 12.8 Å². The molecule has 5 heteroatoms. The molecule has 84 valence electrons. The zero-order valence-electron chi connectivity index (χ0n) is 9.03. The highest BCUT2D eigenvalue weighted by molar-refractivity contribution is 7.11. The molecular formula is C10H17N3OS. The largest absolute Gasteiger partial charge is 0.371 e. The molecule has 1 saturated heterocycles. The summed E-state index contributed by atoms with van der Waals surface area (Å²) < 4.78 is 5.67. The van der Waals surface area contributed by atoms with Gasteiger partial charge < -0.3 is 10.1 Å². The summed E-state index contributed by atoms with van der Waals surface area (Å²) in [6.07, 6.45) is 4.69. The van der Waals surface area contributed by atoms with E-state index in [0.717, 1.165) is 36.0 Å². The van der Waals surface area contributed by atoms with E-state index in [-0.39, 0.29) is 6.10 Å². The molecule has 0 amide bonds. The zero-order valence-corrected chi connectivity index (χ0v) is 9.85. The summed E-state index contributed by atoms with van der Waals surface area (Å²) in [6.45, 7) is 1.83. The number of hydrogen-bond donors (Lipinski definition) is 1. The predicted molar refractivity (Wildman–Crippen MR) is 60.1 cm³/mol. The van der Waals surface area contributed by atoms with Crippen LogP contribution < -0.4 is 5.32 Å². The molecule has 2 heterocycles. The highest BCUT2D eigenvalue weighted by atomic mass is 32.1. The topological polar surface area (TPSA) is 47.0 Å². The average molecular weight is 227 g/mol. The highest BCUT2D eigenvalue weighted by Crippen LogP contribution is 2.29. The van der Waals surface area contributed by atoms with Crippen LogP contribution in [0.15, 0.2) is 0 Å². The Labute approximate surface area is 94.1 Å². The van der Waals surface area contributed by atoms with Crippen LogP contribution in [0.5, 0.6) is 0 Å². The predicted octanol–water partition coefficient (Wildman–Crippen LogP) is 1.54. The zero-order chi connectivity index (χ0) is 10.5. The summed E-state index contributed by atoms with van der Waals surface area (Å²) in [7, 11) is 1.95. The molecule has 1 aromatic rings. The molecule has 0 radical (unpaired) electrons. The SMILES string of the molecule is CNCCc1nnc(C2CCCCO2)s1. The molecule has 0 spiro atoms. The molecular weight excluding hydrogens is 210 g/mol. The van der Waals surface area contributed by atoms with Crippen LogP contribution in [-0.4, -0.2) is 30.4 Å². The minimum absolute atomic E-state index is 0.208. The summed E-state index contributed by atoms with van der Waals surface area (Å²) in [6, 6.07) is 0. The molecule has 15 heavy (non-hydrogen) atoms. The van der Waals surface area contributed by atoms with E-state index in [1.807, 2.05) is 7.05 Å². The third-order valence-electron chi connectivity index (χ3n) is 2.53. The maximum Gasteiger partial charge on any atom is 0.146 e. The van der Waals surface area contributed by atoms with Crippen LogP contribution in [0.2, 0.25) is 0 Å². The van der Waals surface area contributed by atoms with Crippen LogP contribution in [0.1, 0.15) is 35.4 Å². The number of likely N-dealkylation sites (N-methyl/N-ethyl adjacent to an activating group) is 1. The summed E-state index contributed by atoms with van der Waals surface area (Å²) in [5.74, 6) is 0. The maximum absolute atomic E-state index is 5.67. The maximum atomic E-state index is 5.67. The number of rotatable bonds is 4. The standard InChI is InChI=1S/C10H17N3OS/c1-11-6-5-9-12-13-10(15-9)8-4-2-3-7-14-8/h8,11H,2-7H2,1H3. The van der Waals surface area contributed by atoms with Crippen LogP contribution in [-0.2, 0) is 11.2 Å². The van der Waals surface area contributed by atoms with E-state index in [9.17, 15) is 0 Å². The third-order valence-corrected chi connectivity index (χ3v) is 3.60. The van der Waals surface area contributed by atoms with Gasteiger partial charge in [-0.2, -0.15) is 0 Å². The van der Waals surface area contributed by atoms with Crippen LogP contribution in [0.25, 0.3) is 0 Å². The Morgan fingerprint density at radius 1 is 1.47 bits per heavy atom. The lowest BCUT2D eigenvalue weighted by atomic mass is 10.1. The smallest absolute Gasteiger partial charge is 0.146 e. The Kier molecular flexibility index (Phi) is 4.05. The van der Waals surface area contributed by atoms with E-state index < -0.39 is 0 Å². The first-order valence-electron chi connectivity index (χ1n) is 5.48. The molecule has 1 unspecified atom stereocenters. The number of nitrogens with zero attached hydrogens (tertiary/aromatic N) is 2. The van der Waals surface area contributed by atoms with Gasteiger partial charge in [-0.15, -0.1) is 10.2 Å². The van der Waals surface area contributed by atoms with Crippen molar-refractivity contribution in [2.45, 2.75) is 31.8 Å². The van der Waals surface area contributed by atoms with Crippen molar-refractivity contribution in [3.8, 4) is 0 Å². The minimum Gasteiger partial charge on any atom is -0.371 e. The summed E-state index contributed by atoms with van der Waals surface area (Å²) in [5.41, 5.74) is 0. The summed E-state index contributed by atoms with van der Waals surface area (Å²) in [5, 5.41) is 13.7. The first kappa shape index (κ1) is 11.0. The lowest BCUT2D eigenvalue weighted by molar-refractivity contribution is 0.0144. The Balaban J connectivity index is 1.93. The van der Waals surface area contributed by atoms with E-state index in [2.05, 4.69) is 15.5 Å². The first-order chi connectivity index (χ1) is 7.40. The number of nitrogens with one attached hydrogen (secondary N) is 1. The fraction of sp³-hybridized carbons (Fsp3) is 0.800. The van der Waals surface area contributed by atoms with Crippen molar-refractivity contribution in [2.24, 2.45) is 0 Å². The normalized spacial score (nSPS) is 21.8. The Bertz CT molecular complexity index is 297. The molecule has 1 N–H and O–H groups in total. The first-order valence-corrected chi connectivity index (χ1v) is 6.30. The van der Waals surface area contributed by atoms with Crippen LogP contribution in [0.3, 0.4) is 0 Å². The van der Waals surface area contributed by atoms with Crippen molar-refractivity contribution >= 4 is 11.3 Å². The molecule has 4 nitrogen and oxygen atoms in total. The number of ether oxygens (including phenoxy) is 1. The number of hydrogen-bond acceptors (Lipinski definition) is 5. The van der Waals surface area contributed by atoms with E-state index in [1.54, 1.807) is 11.3 Å². The van der Waals surface area contributed by atoms with Gasteiger partial charge in [0.2, 0.25) is 0 Å². The van der Waals surface area contributed by atoms with Gasteiger partial charge in [0.15, 0.2) is 0 Å². The second-order valence-electron chi connectivity index (χ2n) is 3.74. The highest BCUT2D eigenvalue weighted by Gasteiger charge is 2.19. The Morgan fingerprint density at radius 3 is 3.13 bits per heavy atom. The van der Waals surface area contributed by atoms with Crippen molar-refractivity contribution in [2.75, 3.05) is 20.2 Å². The third kappa shape index (κ3) is 2.96. The second kappa shape index (κ2) is 5.53. The van der Waals surface area contributed by atoms with Gasteiger partial charge >= 0.3 is 0 Å². The van der Waals surface area contributed by atoms with Crippen LogP contribution in [0, 0.1) is 0 Å². The molecule has 1 aliphatic heterocycles. The Morgan fingerprint density at radius 2 is 2.40 bits per heavy atom. The summed E-state index contributed by atoms with van der Waals surface area (Å²) in [4.78, 5) is 0. The van der Waals surface area contributed by atoms with Gasteiger partial charge in [0.25, 0.3) is 0 Å². The molecule has 0 aliphatic carbocycles. The molecule has 0 bridgehead atoms. The lowest BCUT2D eigenvalue weighted by Gasteiger charge is -2.19. The van der Waals surface area contributed by atoms with Crippen molar-refractivity contribution in [3.63, 3.8) is 0 Å². The van der Waals surface area contributed by atoms with Crippen molar-refractivity contribution in [1.82, 2.24) is 15.5 Å². The summed E-state index contributed by atoms with van der Waals surface area (Å²) >= 11 is 1.69. The minimum atomic E-state index is 0.208. The monoisotopic (exact) mass is 227 g/mol. The van der Waals surface area contributed by atoms with E-state index in [4.69, 9.17) is 4.74 Å². The Hall–Kier alpha value is -0.520. The fourth-order valence-electron chi connectivity index (χ4n) is 1.67. The van der Waals surface area contributed by atoms with Crippen molar-refractivity contribution in [1.29, 1.82) is 0 Å². The quantitative estimate of drug-likeness (QED) is 0.847. The van der Waals surface area contributed by atoms with Gasteiger partial charge in [0, 0.05) is 19.6 Å². The second-order valence-corrected chi connectivity index (χ2v) is 4.84. The molecule has 1 fully saturated rings. The molecule has 1 atom stereocenters. The van der Waals surface area contributed by atoms with Gasteiger partial charge in [-0.3, -0.25) is 0 Å². The van der Waals surface area contributed by atoms with E-state index >= 15 is 0 Å². The fourth-order valence-corrected chi connectivity index (χ4v) is 2.59. The van der Waals surface area contributed by atoms with Crippen molar-refractivity contribution < 1.29 is 4.74 Å². The van der Waals surface area contributed by atoms with Gasteiger partial charge in [0.1, 0.15) is 16.1 Å². The molecule has 1 aromatic heterocycles. The lowest BCUT2D eigenvalue weighted by Crippen LogP contribution is -2.11.